The summed E-state index contributed by atoms with van der Waals surface area (Å²) in [7, 11) is 0. The number of hydrogen-bond donors (Lipinski definition) is 2. The average molecular weight is 473 g/mol. The normalized spacial score (nSPS) is 21.6. The molecule has 0 bridgehead atoms. The van der Waals surface area contributed by atoms with Crippen LogP contribution in [0.3, 0.4) is 0 Å². The molecule has 0 aromatic carbocycles. The number of aliphatic hydroxyl groups excluding tert-OH is 2. The van der Waals surface area contributed by atoms with Crippen LogP contribution in [-0.2, 0) is 24.0 Å². The largest absolute Gasteiger partial charge is 0.457 e. The lowest BCUT2D eigenvalue weighted by Gasteiger charge is -2.26. The number of ether oxygens (including phenoxy) is 2. The highest BCUT2D eigenvalue weighted by Gasteiger charge is 2.44. The molecule has 0 radical (unpaired) electrons. The first-order valence-corrected chi connectivity index (χ1v) is 13.2. The van der Waals surface area contributed by atoms with Crippen LogP contribution in [0, 0.1) is 0 Å². The van der Waals surface area contributed by atoms with Crippen molar-refractivity contribution < 1.29 is 34.3 Å². The van der Waals surface area contributed by atoms with Gasteiger partial charge in [0, 0.05) is 6.42 Å². The summed E-state index contributed by atoms with van der Waals surface area (Å²) in [6.07, 6.45) is 17.2. The van der Waals surface area contributed by atoms with Gasteiger partial charge in [-0.2, -0.15) is 0 Å². The molecule has 0 saturated carbocycles. The molecule has 7 heteroatoms. The van der Waals surface area contributed by atoms with Gasteiger partial charge in [0.2, 0.25) is 0 Å². The molecule has 194 valence electrons. The predicted octanol–water partition coefficient (Wildman–Crippen LogP) is 5.02. The molecular weight excluding hydrogens is 424 g/mol. The van der Waals surface area contributed by atoms with Crippen LogP contribution in [0.4, 0.5) is 0 Å². The van der Waals surface area contributed by atoms with Gasteiger partial charge in [-0.1, -0.05) is 70.4 Å². The van der Waals surface area contributed by atoms with Gasteiger partial charge in [0.25, 0.3) is 0 Å². The Kier molecular flexibility index (Phi) is 18.6. The fraction of sp³-hybridized carbons (Fsp3) is 0.885. The molecule has 1 rings (SSSR count). The van der Waals surface area contributed by atoms with Crippen molar-refractivity contribution in [2.75, 3.05) is 19.8 Å². The molecule has 33 heavy (non-hydrogen) atoms. The highest BCUT2D eigenvalue weighted by Crippen LogP contribution is 2.23. The van der Waals surface area contributed by atoms with Crippen molar-refractivity contribution in [1.29, 1.82) is 0 Å². The van der Waals surface area contributed by atoms with Crippen molar-refractivity contribution in [3.05, 3.63) is 12.2 Å². The van der Waals surface area contributed by atoms with Gasteiger partial charge >= 0.3 is 5.97 Å². The molecule has 0 aliphatic carbocycles. The van der Waals surface area contributed by atoms with Crippen LogP contribution < -0.4 is 0 Å². The smallest absolute Gasteiger partial charge is 0.306 e. The Labute approximate surface area is 200 Å². The van der Waals surface area contributed by atoms with E-state index in [9.17, 15) is 15.0 Å². The summed E-state index contributed by atoms with van der Waals surface area (Å²) in [4.78, 5) is 22.2. The lowest BCUT2D eigenvalue weighted by molar-refractivity contribution is -0.343. The number of hydrogen-bond acceptors (Lipinski definition) is 7. The highest BCUT2D eigenvalue weighted by atomic mass is 17.2. The third kappa shape index (κ3) is 14.1. The van der Waals surface area contributed by atoms with Crippen LogP contribution in [0.15, 0.2) is 12.2 Å². The predicted molar refractivity (Wildman–Crippen MR) is 129 cm³/mol. The summed E-state index contributed by atoms with van der Waals surface area (Å²) in [6, 6.07) is 0. The van der Waals surface area contributed by atoms with Crippen LogP contribution >= 0.6 is 0 Å². The summed E-state index contributed by atoms with van der Waals surface area (Å²) in [5.41, 5.74) is 0. The number of allylic oxidation sites excluding steroid dienone is 2. The number of carbonyl (C=O) groups excluding carboxylic acids is 1. The molecule has 0 spiro atoms. The standard InChI is InChI=1S/C26H48O7/c1-3-5-6-7-8-9-10-11-12-13-14-15-16-17-18-19-24(29)32-25-22(28)21-30-26(25)23(20-27)33-31-4-2/h11-12,22-23,25-28H,3-10,13-21H2,1-2H3/b12-11-/t22-,23+,25+,26+/m0/s1. The van der Waals surface area contributed by atoms with E-state index in [0.717, 1.165) is 25.7 Å². The molecule has 1 aliphatic rings. The summed E-state index contributed by atoms with van der Waals surface area (Å²) in [5, 5.41) is 19.6. The van der Waals surface area contributed by atoms with E-state index in [4.69, 9.17) is 19.2 Å². The van der Waals surface area contributed by atoms with Crippen molar-refractivity contribution in [3.8, 4) is 0 Å². The molecule has 1 saturated heterocycles. The van der Waals surface area contributed by atoms with Crippen LogP contribution in [0.5, 0.6) is 0 Å². The van der Waals surface area contributed by atoms with E-state index in [1.54, 1.807) is 6.92 Å². The fourth-order valence-electron chi connectivity index (χ4n) is 3.98. The first-order chi connectivity index (χ1) is 16.1. The van der Waals surface area contributed by atoms with Crippen molar-refractivity contribution in [1.82, 2.24) is 0 Å². The summed E-state index contributed by atoms with van der Waals surface area (Å²) >= 11 is 0. The highest BCUT2D eigenvalue weighted by molar-refractivity contribution is 5.69. The number of unbranched alkanes of at least 4 members (excludes halogenated alkanes) is 11. The zero-order chi connectivity index (χ0) is 24.2. The second-order valence-corrected chi connectivity index (χ2v) is 8.88. The van der Waals surface area contributed by atoms with Crippen LogP contribution in [0.25, 0.3) is 0 Å². The molecule has 0 amide bonds. The Morgan fingerprint density at radius 3 is 2.18 bits per heavy atom. The zero-order valence-electron chi connectivity index (χ0n) is 20.9. The second-order valence-electron chi connectivity index (χ2n) is 8.88. The fourth-order valence-corrected chi connectivity index (χ4v) is 3.98. The topological polar surface area (TPSA) is 94.5 Å². The molecule has 2 N–H and O–H groups in total. The van der Waals surface area contributed by atoms with E-state index in [2.05, 4.69) is 19.1 Å². The minimum Gasteiger partial charge on any atom is -0.457 e. The van der Waals surface area contributed by atoms with E-state index in [-0.39, 0.29) is 19.2 Å². The van der Waals surface area contributed by atoms with Crippen LogP contribution in [0.2, 0.25) is 0 Å². The molecule has 7 nitrogen and oxygen atoms in total. The minimum absolute atomic E-state index is 0.0298. The summed E-state index contributed by atoms with van der Waals surface area (Å²) in [5.74, 6) is -0.361. The van der Waals surface area contributed by atoms with Gasteiger partial charge in [-0.15, -0.1) is 0 Å². The molecule has 4 atom stereocenters. The third-order valence-electron chi connectivity index (χ3n) is 5.93. The number of rotatable bonds is 21. The van der Waals surface area contributed by atoms with E-state index in [1.807, 2.05) is 0 Å². The lowest BCUT2D eigenvalue weighted by Crippen LogP contribution is -2.44. The van der Waals surface area contributed by atoms with Gasteiger partial charge in [0.05, 0.1) is 19.8 Å². The SMILES string of the molecule is CCCCCCCC/C=C\CCCCCCCC(=O)O[C@H]1[C@@H]([C@@H](CO)OOCC)OC[C@@H]1O. The maximum atomic E-state index is 12.2. The van der Waals surface area contributed by atoms with Gasteiger partial charge in [-0.05, 0) is 39.0 Å². The van der Waals surface area contributed by atoms with E-state index in [0.29, 0.717) is 13.0 Å². The molecule has 0 aromatic rings. The lowest BCUT2D eigenvalue weighted by atomic mass is 10.1. The molecule has 1 aliphatic heterocycles. The molecular formula is C26H48O7. The van der Waals surface area contributed by atoms with Crippen molar-refractivity contribution in [2.45, 2.75) is 128 Å². The number of aliphatic hydroxyl groups is 2. The van der Waals surface area contributed by atoms with Crippen molar-refractivity contribution in [3.63, 3.8) is 0 Å². The number of carbonyl (C=O) groups is 1. The van der Waals surface area contributed by atoms with Gasteiger partial charge < -0.3 is 19.7 Å². The number of esters is 1. The van der Waals surface area contributed by atoms with Crippen LogP contribution in [0.1, 0.15) is 104 Å². The first kappa shape index (κ1) is 30.0. The maximum Gasteiger partial charge on any atom is 0.306 e. The Morgan fingerprint density at radius 1 is 0.970 bits per heavy atom. The van der Waals surface area contributed by atoms with Gasteiger partial charge in [-0.25, -0.2) is 9.78 Å². The average Bonchev–Trinajstić information content (AvgIpc) is 3.17. The van der Waals surface area contributed by atoms with Gasteiger partial charge in [0.15, 0.2) is 6.10 Å². The Hall–Kier alpha value is -0.990. The monoisotopic (exact) mass is 472 g/mol. The van der Waals surface area contributed by atoms with Crippen molar-refractivity contribution >= 4 is 5.97 Å². The minimum atomic E-state index is -0.938. The molecule has 1 fully saturated rings. The van der Waals surface area contributed by atoms with E-state index < -0.39 is 24.4 Å². The Bertz CT molecular complexity index is 497. The molecule has 0 unspecified atom stereocenters. The van der Waals surface area contributed by atoms with Crippen LogP contribution in [-0.4, -0.2) is 60.4 Å². The molecule has 1 heterocycles. The second kappa shape index (κ2) is 20.4. The zero-order valence-corrected chi connectivity index (χ0v) is 20.9. The Balaban J connectivity index is 2.06. The van der Waals surface area contributed by atoms with Gasteiger partial charge in [0.1, 0.15) is 18.3 Å². The first-order valence-electron chi connectivity index (χ1n) is 13.2. The Morgan fingerprint density at radius 2 is 1.58 bits per heavy atom. The molecule has 0 aromatic heterocycles. The summed E-state index contributed by atoms with van der Waals surface area (Å²) in [6.45, 7) is 3.98. The third-order valence-corrected chi connectivity index (χ3v) is 5.93. The summed E-state index contributed by atoms with van der Waals surface area (Å²) < 4.78 is 10.9. The van der Waals surface area contributed by atoms with E-state index >= 15 is 0 Å². The quantitative estimate of drug-likeness (QED) is 0.0796. The van der Waals surface area contributed by atoms with Crippen molar-refractivity contribution in [2.24, 2.45) is 0 Å². The van der Waals surface area contributed by atoms with E-state index in [1.165, 1.54) is 57.8 Å². The maximum absolute atomic E-state index is 12.2. The van der Waals surface area contributed by atoms with Gasteiger partial charge in [-0.3, -0.25) is 4.79 Å².